The molecule has 0 radical (unpaired) electrons. The lowest BCUT2D eigenvalue weighted by Crippen LogP contribution is -2.21. The van der Waals surface area contributed by atoms with Crippen molar-refractivity contribution >= 4 is 15.9 Å². The van der Waals surface area contributed by atoms with Crippen molar-refractivity contribution in [3.8, 4) is 0 Å². The van der Waals surface area contributed by atoms with Crippen molar-refractivity contribution in [2.75, 3.05) is 0 Å². The summed E-state index contributed by atoms with van der Waals surface area (Å²) in [5.74, 6) is -0.181. The van der Waals surface area contributed by atoms with Gasteiger partial charge in [-0.25, -0.2) is 4.39 Å². The normalized spacial score (nSPS) is 21.5. The molecule has 0 bridgehead atoms. The highest BCUT2D eigenvalue weighted by Crippen LogP contribution is 2.62. The molecule has 0 aliphatic heterocycles. The summed E-state index contributed by atoms with van der Waals surface area (Å²) >= 11 is 3.45. The Balaban J connectivity index is 2.03. The Morgan fingerprint density at radius 3 is 2.35 bits per heavy atom. The molecule has 0 atom stereocenters. The zero-order valence-electron chi connectivity index (χ0n) is 10.8. The molecule has 2 rings (SSSR count). The van der Waals surface area contributed by atoms with E-state index in [4.69, 9.17) is 0 Å². The maximum absolute atomic E-state index is 13.1. The molecule has 1 nitrogen and oxygen atoms in total. The number of hydrogen-bond donors (Lipinski definition) is 1. The number of rotatable bonds is 3. The van der Waals surface area contributed by atoms with Crippen molar-refractivity contribution in [2.24, 2.45) is 10.8 Å². The van der Waals surface area contributed by atoms with E-state index in [1.807, 2.05) is 0 Å². The van der Waals surface area contributed by atoms with Crippen LogP contribution in [0.2, 0.25) is 0 Å². The number of nitrogens with one attached hydrogen (secondary N) is 1. The predicted molar refractivity (Wildman–Crippen MR) is 72.3 cm³/mol. The Morgan fingerprint density at radius 1 is 1.24 bits per heavy atom. The molecule has 1 N–H and O–H groups in total. The van der Waals surface area contributed by atoms with Crippen LogP contribution in [-0.4, -0.2) is 6.04 Å². The van der Waals surface area contributed by atoms with Crippen LogP contribution in [-0.2, 0) is 6.54 Å². The van der Waals surface area contributed by atoms with E-state index < -0.39 is 0 Å². The first-order valence-corrected chi connectivity index (χ1v) is 6.73. The average Bonchev–Trinajstić information content (AvgIpc) is 2.60. The number of hydrogen-bond acceptors (Lipinski definition) is 1. The van der Waals surface area contributed by atoms with Crippen LogP contribution in [0.3, 0.4) is 0 Å². The predicted octanol–water partition coefficient (Wildman–Crippen LogP) is 4.11. The minimum atomic E-state index is -0.181. The van der Waals surface area contributed by atoms with Gasteiger partial charge in [-0.05, 0) is 34.6 Å². The van der Waals surface area contributed by atoms with E-state index in [1.54, 1.807) is 12.1 Å². The quantitative estimate of drug-likeness (QED) is 0.885. The first kappa shape index (κ1) is 13.0. The molecular weight excluding hydrogens is 281 g/mol. The molecule has 1 aromatic carbocycles. The molecule has 1 saturated carbocycles. The van der Waals surface area contributed by atoms with Crippen LogP contribution >= 0.6 is 15.9 Å². The van der Waals surface area contributed by atoms with Crippen molar-refractivity contribution in [1.82, 2.24) is 5.32 Å². The van der Waals surface area contributed by atoms with E-state index in [-0.39, 0.29) is 5.82 Å². The Kier molecular flexibility index (Phi) is 3.11. The summed E-state index contributed by atoms with van der Waals surface area (Å²) in [6.45, 7) is 9.78. The molecule has 17 heavy (non-hydrogen) atoms. The molecule has 0 unspecified atom stereocenters. The summed E-state index contributed by atoms with van der Waals surface area (Å²) in [5.41, 5.74) is 1.60. The van der Waals surface area contributed by atoms with Gasteiger partial charge in [0.15, 0.2) is 0 Å². The van der Waals surface area contributed by atoms with E-state index in [1.165, 1.54) is 6.07 Å². The number of benzene rings is 1. The molecule has 0 amide bonds. The van der Waals surface area contributed by atoms with Gasteiger partial charge in [0.1, 0.15) is 5.82 Å². The lowest BCUT2D eigenvalue weighted by atomic mass is 10.0. The molecule has 94 valence electrons. The second-order valence-corrected chi connectivity index (χ2v) is 6.85. The van der Waals surface area contributed by atoms with Gasteiger partial charge in [-0.15, -0.1) is 0 Å². The fourth-order valence-electron chi connectivity index (χ4n) is 2.60. The van der Waals surface area contributed by atoms with Gasteiger partial charge in [-0.3, -0.25) is 0 Å². The van der Waals surface area contributed by atoms with Gasteiger partial charge < -0.3 is 5.32 Å². The van der Waals surface area contributed by atoms with Gasteiger partial charge in [0.05, 0.1) is 0 Å². The zero-order valence-corrected chi connectivity index (χ0v) is 12.4. The van der Waals surface area contributed by atoms with E-state index in [0.29, 0.717) is 23.4 Å². The fraction of sp³-hybridized carbons (Fsp3) is 0.571. The third kappa shape index (κ3) is 2.15. The van der Waals surface area contributed by atoms with Gasteiger partial charge in [0, 0.05) is 17.1 Å². The van der Waals surface area contributed by atoms with E-state index >= 15 is 0 Å². The molecule has 0 aromatic heterocycles. The van der Waals surface area contributed by atoms with Crippen LogP contribution < -0.4 is 5.32 Å². The summed E-state index contributed by atoms with van der Waals surface area (Å²) in [5, 5.41) is 3.52. The Bertz CT molecular complexity index is 426. The SMILES string of the molecule is CC1(C)C(NCc2cc(F)ccc2Br)C1(C)C. The van der Waals surface area contributed by atoms with Crippen molar-refractivity contribution in [2.45, 2.75) is 40.3 Å². The second kappa shape index (κ2) is 4.06. The largest absolute Gasteiger partial charge is 0.309 e. The highest BCUT2D eigenvalue weighted by molar-refractivity contribution is 9.10. The van der Waals surface area contributed by atoms with Gasteiger partial charge in [0.25, 0.3) is 0 Å². The van der Waals surface area contributed by atoms with Crippen molar-refractivity contribution in [3.63, 3.8) is 0 Å². The van der Waals surface area contributed by atoms with Crippen molar-refractivity contribution in [3.05, 3.63) is 34.1 Å². The minimum Gasteiger partial charge on any atom is -0.309 e. The molecule has 1 aliphatic carbocycles. The van der Waals surface area contributed by atoms with Crippen molar-refractivity contribution < 1.29 is 4.39 Å². The van der Waals surface area contributed by atoms with Gasteiger partial charge in [-0.2, -0.15) is 0 Å². The van der Waals surface area contributed by atoms with Gasteiger partial charge >= 0.3 is 0 Å². The van der Waals surface area contributed by atoms with E-state index in [0.717, 1.165) is 10.0 Å². The minimum absolute atomic E-state index is 0.181. The van der Waals surface area contributed by atoms with E-state index in [9.17, 15) is 4.39 Å². The smallest absolute Gasteiger partial charge is 0.123 e. The second-order valence-electron chi connectivity index (χ2n) is 5.99. The van der Waals surface area contributed by atoms with Crippen LogP contribution in [0.1, 0.15) is 33.3 Å². The lowest BCUT2D eigenvalue weighted by Gasteiger charge is -2.08. The monoisotopic (exact) mass is 299 g/mol. The van der Waals surface area contributed by atoms with Crippen LogP contribution in [0.4, 0.5) is 4.39 Å². The highest BCUT2D eigenvalue weighted by atomic mass is 79.9. The Labute approximate surface area is 111 Å². The first-order chi connectivity index (χ1) is 7.76. The average molecular weight is 300 g/mol. The zero-order chi connectivity index (χ0) is 12.8. The Hall–Kier alpha value is -0.410. The summed E-state index contributed by atoms with van der Waals surface area (Å²) in [6, 6.07) is 5.30. The molecule has 0 spiro atoms. The fourth-order valence-corrected chi connectivity index (χ4v) is 2.98. The van der Waals surface area contributed by atoms with Crippen LogP contribution in [0.5, 0.6) is 0 Å². The highest BCUT2D eigenvalue weighted by Gasteiger charge is 2.64. The third-order valence-electron chi connectivity index (χ3n) is 4.53. The van der Waals surface area contributed by atoms with Gasteiger partial charge in [-0.1, -0.05) is 43.6 Å². The van der Waals surface area contributed by atoms with Crippen molar-refractivity contribution in [1.29, 1.82) is 0 Å². The maximum atomic E-state index is 13.1. The lowest BCUT2D eigenvalue weighted by molar-refractivity contribution is 0.457. The number of halogens is 2. The summed E-state index contributed by atoms with van der Waals surface area (Å²) in [7, 11) is 0. The van der Waals surface area contributed by atoms with Crippen LogP contribution in [0.25, 0.3) is 0 Å². The molecule has 1 aromatic rings. The Morgan fingerprint density at radius 2 is 1.82 bits per heavy atom. The molecule has 1 fully saturated rings. The molecule has 3 heteroatoms. The summed E-state index contributed by atoms with van der Waals surface area (Å²) in [4.78, 5) is 0. The molecule has 1 aliphatic rings. The summed E-state index contributed by atoms with van der Waals surface area (Å²) < 4.78 is 14.1. The first-order valence-electron chi connectivity index (χ1n) is 5.94. The van der Waals surface area contributed by atoms with Gasteiger partial charge in [0.2, 0.25) is 0 Å². The van der Waals surface area contributed by atoms with Crippen LogP contribution in [0.15, 0.2) is 22.7 Å². The molecule has 0 saturated heterocycles. The topological polar surface area (TPSA) is 12.0 Å². The molecule has 0 heterocycles. The maximum Gasteiger partial charge on any atom is 0.123 e. The van der Waals surface area contributed by atoms with E-state index in [2.05, 4.69) is 48.9 Å². The summed E-state index contributed by atoms with van der Waals surface area (Å²) in [6.07, 6.45) is 0. The van der Waals surface area contributed by atoms with Crippen LogP contribution in [0, 0.1) is 16.6 Å². The standard InChI is InChI=1S/C14H19BrFN/c1-13(2)12(14(13,3)4)17-8-9-7-10(16)5-6-11(9)15/h5-7,12,17H,8H2,1-4H3. The third-order valence-corrected chi connectivity index (χ3v) is 5.30. The molecular formula is C14H19BrFN.